The van der Waals surface area contributed by atoms with Gasteiger partial charge in [-0.3, -0.25) is 4.90 Å². The Balaban J connectivity index is 1.33. The van der Waals surface area contributed by atoms with Crippen LogP contribution in [0.15, 0.2) is 33.5 Å². The Bertz CT molecular complexity index is 2020. The van der Waals surface area contributed by atoms with Crippen molar-refractivity contribution in [3.8, 4) is 35.4 Å². The van der Waals surface area contributed by atoms with Gasteiger partial charge in [-0.15, -0.1) is 6.42 Å². The first-order valence-electron chi connectivity index (χ1n) is 15.9. The molecular weight excluding hydrogens is 594 g/mol. The van der Waals surface area contributed by atoms with Crippen LogP contribution in [-0.2, 0) is 0 Å². The SMILES string of the molecule is C#Cc1c(F)ccc2cc(O)cc(-c3oc(=O)c4c(N5CC(O)CCC56CC6)nc(OC[C@@]56CCCN5C[C@H](F)C6)nc4c3C)c12. The van der Waals surface area contributed by atoms with Gasteiger partial charge in [0.25, 0.3) is 0 Å². The first kappa shape index (κ1) is 29.2. The van der Waals surface area contributed by atoms with Crippen molar-refractivity contribution in [2.45, 2.75) is 75.2 Å². The normalized spacial score (nSPS) is 25.3. The van der Waals surface area contributed by atoms with Crippen molar-refractivity contribution in [2.75, 3.05) is 31.1 Å². The van der Waals surface area contributed by atoms with Crippen LogP contribution in [0.25, 0.3) is 33.0 Å². The molecule has 2 aromatic heterocycles. The highest BCUT2D eigenvalue weighted by molar-refractivity contribution is 6.03. The summed E-state index contributed by atoms with van der Waals surface area (Å²) in [7, 11) is 0. The van der Waals surface area contributed by atoms with Crippen LogP contribution in [0, 0.1) is 25.1 Å². The van der Waals surface area contributed by atoms with Gasteiger partial charge in [0.15, 0.2) is 5.82 Å². The molecule has 1 unspecified atom stereocenters. The summed E-state index contributed by atoms with van der Waals surface area (Å²) in [5.74, 6) is 2.06. The van der Waals surface area contributed by atoms with E-state index in [1.807, 2.05) is 4.90 Å². The maximum atomic E-state index is 14.9. The zero-order valence-electron chi connectivity index (χ0n) is 25.5. The number of halogens is 2. The minimum Gasteiger partial charge on any atom is -0.508 e. The van der Waals surface area contributed by atoms with Crippen molar-refractivity contribution in [3.05, 3.63) is 51.6 Å². The van der Waals surface area contributed by atoms with Crippen LogP contribution in [0.2, 0.25) is 0 Å². The molecule has 238 valence electrons. The second-order valence-corrected chi connectivity index (χ2v) is 13.4. The lowest BCUT2D eigenvalue weighted by Crippen LogP contribution is -2.48. The summed E-state index contributed by atoms with van der Waals surface area (Å²) in [6, 6.07) is 5.63. The van der Waals surface area contributed by atoms with Crippen LogP contribution < -0.4 is 15.3 Å². The van der Waals surface area contributed by atoms with Crippen molar-refractivity contribution < 1.29 is 28.1 Å². The number of piperidine rings is 1. The van der Waals surface area contributed by atoms with E-state index in [0.717, 1.165) is 38.6 Å². The Morgan fingerprint density at radius 1 is 1.17 bits per heavy atom. The van der Waals surface area contributed by atoms with E-state index in [-0.39, 0.29) is 58.2 Å². The van der Waals surface area contributed by atoms with Gasteiger partial charge in [-0.2, -0.15) is 9.97 Å². The number of fused-ring (bicyclic) bond motifs is 3. The third kappa shape index (κ3) is 4.45. The lowest BCUT2D eigenvalue weighted by molar-refractivity contribution is 0.107. The van der Waals surface area contributed by atoms with E-state index in [1.54, 1.807) is 6.92 Å². The zero-order chi connectivity index (χ0) is 32.0. The molecule has 4 aliphatic rings. The minimum atomic E-state index is -0.925. The maximum Gasteiger partial charge on any atom is 0.349 e. The number of hydrogen-bond acceptors (Lipinski definition) is 9. The lowest BCUT2D eigenvalue weighted by Gasteiger charge is -2.40. The highest BCUT2D eigenvalue weighted by Crippen LogP contribution is 2.51. The molecule has 4 aromatic rings. The number of benzene rings is 2. The molecule has 0 radical (unpaired) electrons. The number of β-amino-alcohol motifs (C(OH)–C–C–N with tert-alkyl or cyclic N) is 1. The number of nitrogens with zero attached hydrogens (tertiary/aromatic N) is 4. The summed E-state index contributed by atoms with van der Waals surface area (Å²) < 4.78 is 41.7. The highest BCUT2D eigenvalue weighted by Gasteiger charge is 2.52. The summed E-state index contributed by atoms with van der Waals surface area (Å²) in [5, 5.41) is 22.3. The fourth-order valence-corrected chi connectivity index (χ4v) is 8.17. The molecule has 1 spiro atoms. The number of aromatic nitrogens is 2. The topological polar surface area (TPSA) is 112 Å². The van der Waals surface area contributed by atoms with Crippen LogP contribution >= 0.6 is 0 Å². The molecule has 1 saturated carbocycles. The van der Waals surface area contributed by atoms with Gasteiger partial charge in [0, 0.05) is 41.6 Å². The average molecular weight is 629 g/mol. The van der Waals surface area contributed by atoms with E-state index in [1.165, 1.54) is 24.3 Å². The summed E-state index contributed by atoms with van der Waals surface area (Å²) in [6.45, 7) is 3.40. The molecule has 4 fully saturated rings. The molecule has 1 aliphatic carbocycles. The molecule has 5 heterocycles. The largest absolute Gasteiger partial charge is 0.508 e. The van der Waals surface area contributed by atoms with Crippen LogP contribution in [-0.4, -0.2) is 74.7 Å². The lowest BCUT2D eigenvalue weighted by atomic mass is 9.94. The zero-order valence-corrected chi connectivity index (χ0v) is 25.5. The molecule has 3 atom stereocenters. The Morgan fingerprint density at radius 3 is 2.78 bits per heavy atom. The molecular formula is C35H34F2N4O5. The summed E-state index contributed by atoms with van der Waals surface area (Å²) in [4.78, 5) is 27.7. The number of anilines is 1. The quantitative estimate of drug-likeness (QED) is 0.296. The number of phenols is 1. The number of hydrogen-bond donors (Lipinski definition) is 2. The number of aromatic hydroxyl groups is 1. The third-order valence-electron chi connectivity index (χ3n) is 10.6. The van der Waals surface area contributed by atoms with E-state index in [9.17, 15) is 23.8 Å². The molecule has 8 rings (SSSR count). The Labute approximate surface area is 263 Å². The van der Waals surface area contributed by atoms with Gasteiger partial charge in [0.2, 0.25) is 0 Å². The van der Waals surface area contributed by atoms with E-state index in [0.29, 0.717) is 41.5 Å². The van der Waals surface area contributed by atoms with Crippen molar-refractivity contribution >= 4 is 27.5 Å². The first-order chi connectivity index (χ1) is 22.1. The molecule has 0 bridgehead atoms. The second-order valence-electron chi connectivity index (χ2n) is 13.4. The first-order valence-corrected chi connectivity index (χ1v) is 15.9. The van der Waals surface area contributed by atoms with E-state index in [4.69, 9.17) is 25.5 Å². The molecule has 46 heavy (non-hydrogen) atoms. The number of terminal acetylenes is 1. The van der Waals surface area contributed by atoms with Gasteiger partial charge in [0.1, 0.15) is 35.5 Å². The molecule has 11 heteroatoms. The average Bonchev–Trinajstić information content (AvgIpc) is 3.60. The Morgan fingerprint density at radius 2 is 2.00 bits per heavy atom. The van der Waals surface area contributed by atoms with E-state index in [2.05, 4.69) is 10.8 Å². The maximum absolute atomic E-state index is 14.9. The second kappa shape index (κ2) is 10.4. The van der Waals surface area contributed by atoms with Crippen molar-refractivity contribution in [1.29, 1.82) is 0 Å². The smallest absolute Gasteiger partial charge is 0.349 e. The van der Waals surface area contributed by atoms with Gasteiger partial charge >= 0.3 is 11.6 Å². The number of ether oxygens (including phenoxy) is 1. The number of aryl methyl sites for hydroxylation is 1. The molecule has 2 aromatic carbocycles. The third-order valence-corrected chi connectivity index (χ3v) is 10.6. The van der Waals surface area contributed by atoms with Gasteiger partial charge in [0.05, 0.1) is 22.7 Å². The Kier molecular flexibility index (Phi) is 6.57. The number of phenolic OH excluding ortho intramolecular Hbond substituents is 1. The minimum absolute atomic E-state index is 0.0249. The van der Waals surface area contributed by atoms with Gasteiger partial charge in [-0.05, 0) is 75.6 Å². The monoisotopic (exact) mass is 628 g/mol. The van der Waals surface area contributed by atoms with Crippen molar-refractivity contribution in [3.63, 3.8) is 0 Å². The molecule has 2 N–H and O–H groups in total. The van der Waals surface area contributed by atoms with E-state index >= 15 is 0 Å². The standard InChI is InChI=1S/C35H34F2N4O5/c1-3-24-26(37)6-5-20-13-23(43)14-25(27(20)24)30-19(2)29-28(32(44)46-30)31(41-17-22(42)7-9-34(41)10-11-34)39-33(38-29)45-18-35-8-4-12-40(35)16-21(36)15-35/h1,5-6,13-14,21-22,42-43H,4,7-12,15-18H2,2H3/t21-,22?,35+/m1/s1. The van der Waals surface area contributed by atoms with Crippen LogP contribution in [0.5, 0.6) is 11.8 Å². The Hall–Kier alpha value is -4.27. The summed E-state index contributed by atoms with van der Waals surface area (Å²) in [5.41, 5.74) is -0.464. The van der Waals surface area contributed by atoms with Gasteiger partial charge in [-0.1, -0.05) is 12.0 Å². The van der Waals surface area contributed by atoms with Crippen LogP contribution in [0.4, 0.5) is 14.6 Å². The predicted molar refractivity (Wildman–Crippen MR) is 168 cm³/mol. The number of aliphatic hydroxyl groups is 1. The molecule has 3 aliphatic heterocycles. The van der Waals surface area contributed by atoms with Crippen LogP contribution in [0.1, 0.15) is 56.1 Å². The van der Waals surface area contributed by atoms with E-state index < -0.39 is 29.3 Å². The van der Waals surface area contributed by atoms with Crippen molar-refractivity contribution in [1.82, 2.24) is 14.9 Å². The number of rotatable bonds is 5. The number of aliphatic hydroxyl groups excluding tert-OH is 1. The predicted octanol–water partition coefficient (Wildman–Crippen LogP) is 4.99. The summed E-state index contributed by atoms with van der Waals surface area (Å²) >= 11 is 0. The van der Waals surface area contributed by atoms with Crippen molar-refractivity contribution in [2.24, 2.45) is 0 Å². The van der Waals surface area contributed by atoms with Crippen LogP contribution in [0.3, 0.4) is 0 Å². The summed E-state index contributed by atoms with van der Waals surface area (Å²) in [6.07, 6.45) is 9.53. The number of alkyl halides is 1. The van der Waals surface area contributed by atoms with Gasteiger partial charge < -0.3 is 24.3 Å². The fraction of sp³-hybridized carbons (Fsp3) is 0.457. The molecule has 0 amide bonds. The molecule has 3 saturated heterocycles. The molecule has 9 nitrogen and oxygen atoms in total. The highest BCUT2D eigenvalue weighted by atomic mass is 19.1. The van der Waals surface area contributed by atoms with Gasteiger partial charge in [-0.25, -0.2) is 13.6 Å². The fourth-order valence-electron chi connectivity index (χ4n) is 8.17.